The first-order valence-corrected chi connectivity index (χ1v) is 11.1. The Kier molecular flexibility index (Phi) is 5.91. The first kappa shape index (κ1) is 21.0. The summed E-state index contributed by atoms with van der Waals surface area (Å²) in [5.41, 5.74) is 2.58. The molecule has 1 amide bonds. The summed E-state index contributed by atoms with van der Waals surface area (Å²) in [6, 6.07) is 26.7. The summed E-state index contributed by atoms with van der Waals surface area (Å²) in [6.07, 6.45) is 0. The summed E-state index contributed by atoms with van der Waals surface area (Å²) in [5, 5.41) is 3.36. The first-order chi connectivity index (χ1) is 16.2. The van der Waals surface area contributed by atoms with Gasteiger partial charge in [0.1, 0.15) is 5.58 Å². The minimum Gasteiger partial charge on any atom is -0.439 e. The molecular weight excluding hydrogens is 414 g/mol. The molecule has 1 aliphatic heterocycles. The molecule has 6 heteroatoms. The third-order valence-electron chi connectivity index (χ3n) is 5.97. The number of benzene rings is 3. The van der Waals surface area contributed by atoms with E-state index in [1.807, 2.05) is 54.6 Å². The number of fused-ring (bicyclic) bond motifs is 1. The van der Waals surface area contributed by atoms with Crippen LogP contribution in [0.5, 0.6) is 0 Å². The van der Waals surface area contributed by atoms with Crippen LogP contribution in [0.1, 0.15) is 0 Å². The number of nitrogens with zero attached hydrogens (tertiary/aromatic N) is 2. The second-order valence-electron chi connectivity index (χ2n) is 8.14. The van der Waals surface area contributed by atoms with Crippen LogP contribution in [0.3, 0.4) is 0 Å². The number of hydrogen-bond acceptors (Lipinski definition) is 5. The van der Waals surface area contributed by atoms with Crippen molar-refractivity contribution in [3.8, 4) is 11.1 Å². The molecule has 0 radical (unpaired) electrons. The number of piperazine rings is 1. The lowest BCUT2D eigenvalue weighted by atomic mass is 10.0. The number of anilines is 2. The second-order valence-corrected chi connectivity index (χ2v) is 8.14. The minimum absolute atomic E-state index is 0.158. The van der Waals surface area contributed by atoms with Gasteiger partial charge in [-0.2, -0.15) is 0 Å². The Bertz CT molecular complexity index is 1310. The molecule has 1 saturated heterocycles. The molecular formula is C27H25N3O3. The fourth-order valence-electron chi connectivity index (χ4n) is 4.27. The molecule has 6 nitrogen and oxygen atoms in total. The van der Waals surface area contributed by atoms with Crippen molar-refractivity contribution in [1.29, 1.82) is 0 Å². The molecule has 1 N–H and O–H groups in total. The monoisotopic (exact) mass is 439 g/mol. The Morgan fingerprint density at radius 3 is 2.18 bits per heavy atom. The third-order valence-corrected chi connectivity index (χ3v) is 5.97. The zero-order valence-corrected chi connectivity index (χ0v) is 18.2. The topological polar surface area (TPSA) is 65.8 Å². The Morgan fingerprint density at radius 2 is 1.45 bits per heavy atom. The summed E-state index contributed by atoms with van der Waals surface area (Å²) >= 11 is 0. The van der Waals surface area contributed by atoms with Crippen LogP contribution in [-0.2, 0) is 4.79 Å². The Hall–Kier alpha value is -3.90. The van der Waals surface area contributed by atoms with Crippen LogP contribution in [0, 0.1) is 0 Å². The van der Waals surface area contributed by atoms with E-state index in [1.165, 1.54) is 5.69 Å². The van der Waals surface area contributed by atoms with E-state index in [0.717, 1.165) is 26.2 Å². The Labute approximate surface area is 192 Å². The highest BCUT2D eigenvalue weighted by Gasteiger charge is 2.22. The highest BCUT2D eigenvalue weighted by molar-refractivity contribution is 5.97. The molecule has 3 aromatic carbocycles. The maximum Gasteiger partial charge on any atom is 0.240 e. The van der Waals surface area contributed by atoms with E-state index in [1.54, 1.807) is 18.2 Å². The number of amides is 1. The Balaban J connectivity index is 1.34. The van der Waals surface area contributed by atoms with Crippen molar-refractivity contribution in [3.63, 3.8) is 0 Å². The van der Waals surface area contributed by atoms with Gasteiger partial charge < -0.3 is 9.32 Å². The van der Waals surface area contributed by atoms with Crippen LogP contribution in [-0.4, -0.2) is 43.5 Å². The molecule has 1 aliphatic rings. The summed E-state index contributed by atoms with van der Waals surface area (Å²) < 4.78 is 6.00. The zero-order valence-electron chi connectivity index (χ0n) is 18.2. The van der Waals surface area contributed by atoms with Gasteiger partial charge in [-0.25, -0.2) is 0 Å². The predicted molar refractivity (Wildman–Crippen MR) is 132 cm³/mol. The van der Waals surface area contributed by atoms with Crippen LogP contribution in [0.15, 0.2) is 94.1 Å². The van der Waals surface area contributed by atoms with Crippen LogP contribution in [0.4, 0.5) is 11.6 Å². The maximum absolute atomic E-state index is 13.3. The second kappa shape index (κ2) is 9.30. The van der Waals surface area contributed by atoms with Gasteiger partial charge in [0.15, 0.2) is 0 Å². The number of carbonyl (C=O) groups excluding carboxylic acids is 1. The fraction of sp³-hybridized carbons (Fsp3) is 0.185. The van der Waals surface area contributed by atoms with Gasteiger partial charge in [0.05, 0.1) is 17.5 Å². The van der Waals surface area contributed by atoms with Crippen LogP contribution in [0.25, 0.3) is 22.1 Å². The van der Waals surface area contributed by atoms with E-state index in [2.05, 4.69) is 27.2 Å². The molecule has 0 saturated carbocycles. The lowest BCUT2D eigenvalue weighted by Gasteiger charge is -2.35. The number of hydrogen-bond donors (Lipinski definition) is 1. The smallest absolute Gasteiger partial charge is 0.240 e. The highest BCUT2D eigenvalue weighted by atomic mass is 16.4. The number of para-hydroxylation sites is 2. The zero-order chi connectivity index (χ0) is 22.6. The lowest BCUT2D eigenvalue weighted by molar-refractivity contribution is -0.117. The number of rotatable bonds is 5. The van der Waals surface area contributed by atoms with Crippen molar-refractivity contribution in [2.24, 2.45) is 0 Å². The van der Waals surface area contributed by atoms with E-state index in [0.29, 0.717) is 22.1 Å². The lowest BCUT2D eigenvalue weighted by Crippen LogP contribution is -2.48. The van der Waals surface area contributed by atoms with Crippen LogP contribution in [0.2, 0.25) is 0 Å². The molecule has 4 aromatic rings. The summed E-state index contributed by atoms with van der Waals surface area (Å²) in [4.78, 5) is 30.6. The van der Waals surface area contributed by atoms with Gasteiger partial charge in [-0.1, -0.05) is 60.7 Å². The molecule has 5 rings (SSSR count). The van der Waals surface area contributed by atoms with Gasteiger partial charge in [-0.05, 0) is 29.8 Å². The van der Waals surface area contributed by atoms with Crippen molar-refractivity contribution >= 4 is 28.4 Å². The fourth-order valence-corrected chi connectivity index (χ4v) is 4.27. The number of carbonyl (C=O) groups is 1. The quantitative estimate of drug-likeness (QED) is 0.504. The standard InChI is InChI=1S/C27H25N3O3/c31-24(19-29-15-17-30(18-16-29)21-11-5-2-6-12-21)28-27-25(20-9-3-1-4-10-20)26(32)22-13-7-8-14-23(22)33-27/h1-14H,15-19H2,(H,28,31). The van der Waals surface area contributed by atoms with Gasteiger partial charge in [-0.3, -0.25) is 19.8 Å². The third kappa shape index (κ3) is 4.52. The van der Waals surface area contributed by atoms with Gasteiger partial charge >= 0.3 is 0 Å². The minimum atomic E-state index is -0.196. The van der Waals surface area contributed by atoms with Crippen LogP contribution >= 0.6 is 0 Å². The highest BCUT2D eigenvalue weighted by Crippen LogP contribution is 2.28. The number of nitrogens with one attached hydrogen (secondary N) is 1. The molecule has 33 heavy (non-hydrogen) atoms. The van der Waals surface area contributed by atoms with Crippen molar-refractivity contribution in [1.82, 2.24) is 4.90 Å². The van der Waals surface area contributed by atoms with E-state index >= 15 is 0 Å². The molecule has 0 spiro atoms. The van der Waals surface area contributed by atoms with Crippen molar-refractivity contribution < 1.29 is 9.21 Å². The molecule has 166 valence electrons. The van der Waals surface area contributed by atoms with Crippen molar-refractivity contribution in [3.05, 3.63) is 95.2 Å². The molecule has 0 unspecified atom stereocenters. The summed E-state index contributed by atoms with van der Waals surface area (Å²) in [5.74, 6) is -0.00315. The summed E-state index contributed by atoms with van der Waals surface area (Å²) in [6.45, 7) is 3.54. The molecule has 0 atom stereocenters. The predicted octanol–water partition coefficient (Wildman–Crippen LogP) is 4.22. The maximum atomic E-state index is 13.3. The average molecular weight is 440 g/mol. The van der Waals surface area contributed by atoms with Crippen molar-refractivity contribution in [2.75, 3.05) is 42.9 Å². The van der Waals surface area contributed by atoms with Gasteiger partial charge in [0, 0.05) is 31.9 Å². The molecule has 2 heterocycles. The molecule has 0 aliphatic carbocycles. The largest absolute Gasteiger partial charge is 0.439 e. The van der Waals surface area contributed by atoms with E-state index < -0.39 is 0 Å². The molecule has 1 fully saturated rings. The molecule has 0 bridgehead atoms. The Morgan fingerprint density at radius 1 is 0.818 bits per heavy atom. The van der Waals surface area contributed by atoms with E-state index in [4.69, 9.17) is 4.42 Å². The van der Waals surface area contributed by atoms with Gasteiger partial charge in [0.2, 0.25) is 17.2 Å². The van der Waals surface area contributed by atoms with Crippen molar-refractivity contribution in [2.45, 2.75) is 0 Å². The van der Waals surface area contributed by atoms with Gasteiger partial charge in [-0.15, -0.1) is 0 Å². The average Bonchev–Trinajstić information content (AvgIpc) is 2.86. The van der Waals surface area contributed by atoms with E-state index in [-0.39, 0.29) is 23.8 Å². The van der Waals surface area contributed by atoms with E-state index in [9.17, 15) is 9.59 Å². The normalized spacial score (nSPS) is 14.4. The SMILES string of the molecule is O=C(CN1CCN(c2ccccc2)CC1)Nc1oc2ccccc2c(=O)c1-c1ccccc1. The van der Waals surface area contributed by atoms with Gasteiger partial charge in [0.25, 0.3) is 0 Å². The van der Waals surface area contributed by atoms with Crippen LogP contribution < -0.4 is 15.6 Å². The first-order valence-electron chi connectivity index (χ1n) is 11.1. The summed E-state index contributed by atoms with van der Waals surface area (Å²) in [7, 11) is 0. The molecule has 1 aromatic heterocycles.